The van der Waals surface area contributed by atoms with Crippen LogP contribution in [-0.4, -0.2) is 55.6 Å². The molecule has 3 aromatic rings. The lowest BCUT2D eigenvalue weighted by Crippen LogP contribution is -2.38. The zero-order valence-electron chi connectivity index (χ0n) is 21.4. The van der Waals surface area contributed by atoms with Gasteiger partial charge < -0.3 is 19.7 Å². The Kier molecular flexibility index (Phi) is 8.38. The van der Waals surface area contributed by atoms with Crippen molar-refractivity contribution < 1.29 is 23.5 Å². The number of nitrogens with zero attached hydrogens (tertiary/aromatic N) is 2. The summed E-state index contributed by atoms with van der Waals surface area (Å²) in [6.45, 7) is 3.48. The van der Waals surface area contributed by atoms with E-state index in [0.717, 1.165) is 17.0 Å². The second-order valence-corrected chi connectivity index (χ2v) is 9.15. The monoisotopic (exact) mass is 505 g/mol. The molecule has 0 spiro atoms. The number of amides is 2. The van der Waals surface area contributed by atoms with E-state index in [2.05, 4.69) is 5.32 Å². The molecule has 0 atom stereocenters. The quantitative estimate of drug-likeness (QED) is 0.486. The van der Waals surface area contributed by atoms with Crippen LogP contribution in [0.25, 0.3) is 0 Å². The third-order valence-corrected chi connectivity index (χ3v) is 6.72. The van der Waals surface area contributed by atoms with E-state index in [-0.39, 0.29) is 23.5 Å². The van der Waals surface area contributed by atoms with E-state index in [1.807, 2.05) is 37.3 Å². The van der Waals surface area contributed by atoms with Crippen molar-refractivity contribution in [2.75, 3.05) is 33.9 Å². The number of nitrogens with one attached hydrogen (secondary N) is 1. The molecule has 0 aliphatic carbocycles. The molecule has 194 valence electrons. The first-order chi connectivity index (χ1) is 17.9. The maximum absolute atomic E-state index is 13.2. The zero-order valence-corrected chi connectivity index (χ0v) is 21.4. The van der Waals surface area contributed by atoms with Gasteiger partial charge in [-0.25, -0.2) is 4.39 Å². The van der Waals surface area contributed by atoms with Crippen molar-refractivity contribution in [1.29, 1.82) is 0 Å². The van der Waals surface area contributed by atoms with Crippen LogP contribution in [0, 0.1) is 12.7 Å². The second kappa shape index (κ2) is 11.9. The van der Waals surface area contributed by atoms with Gasteiger partial charge in [0.1, 0.15) is 5.82 Å². The molecule has 1 N–H and O–H groups in total. The van der Waals surface area contributed by atoms with Crippen LogP contribution >= 0.6 is 0 Å². The van der Waals surface area contributed by atoms with Gasteiger partial charge in [-0.15, -0.1) is 0 Å². The Morgan fingerprint density at radius 3 is 2.38 bits per heavy atom. The van der Waals surface area contributed by atoms with Crippen LogP contribution in [0.4, 0.5) is 4.39 Å². The first-order valence-corrected chi connectivity index (χ1v) is 12.4. The molecule has 8 heteroatoms. The molecule has 0 bridgehead atoms. The highest BCUT2D eigenvalue weighted by Gasteiger charge is 2.28. The number of pyridine rings is 1. The van der Waals surface area contributed by atoms with Crippen molar-refractivity contribution in [3.63, 3.8) is 0 Å². The third-order valence-electron chi connectivity index (χ3n) is 6.72. The molecule has 0 unspecified atom stereocenters. The molecule has 2 amide bonds. The first-order valence-electron chi connectivity index (χ1n) is 12.4. The van der Waals surface area contributed by atoms with Gasteiger partial charge in [0.05, 0.1) is 25.5 Å². The number of halogens is 1. The lowest BCUT2D eigenvalue weighted by atomic mass is 9.89. The summed E-state index contributed by atoms with van der Waals surface area (Å²) >= 11 is 0. The molecule has 1 aromatic heterocycles. The van der Waals surface area contributed by atoms with Crippen molar-refractivity contribution in [1.82, 2.24) is 15.2 Å². The summed E-state index contributed by atoms with van der Waals surface area (Å²) in [5, 5.41) is 3.02. The van der Waals surface area contributed by atoms with Crippen LogP contribution in [0.2, 0.25) is 0 Å². The summed E-state index contributed by atoms with van der Waals surface area (Å²) < 4.78 is 23.9. The fourth-order valence-electron chi connectivity index (χ4n) is 4.66. The first kappa shape index (κ1) is 26.1. The van der Waals surface area contributed by atoms with Gasteiger partial charge in [0.2, 0.25) is 0 Å². The minimum Gasteiger partial charge on any atom is -0.493 e. The van der Waals surface area contributed by atoms with Crippen LogP contribution in [-0.2, 0) is 6.42 Å². The Morgan fingerprint density at radius 1 is 1.00 bits per heavy atom. The van der Waals surface area contributed by atoms with E-state index in [4.69, 9.17) is 14.5 Å². The summed E-state index contributed by atoms with van der Waals surface area (Å²) in [6, 6.07) is 15.0. The average molecular weight is 506 g/mol. The van der Waals surface area contributed by atoms with Crippen molar-refractivity contribution in [2.45, 2.75) is 32.1 Å². The van der Waals surface area contributed by atoms with E-state index < -0.39 is 0 Å². The fraction of sp³-hybridized carbons (Fsp3) is 0.345. The van der Waals surface area contributed by atoms with Gasteiger partial charge in [0, 0.05) is 36.8 Å². The number of aryl methyl sites for hydroxylation is 1. The van der Waals surface area contributed by atoms with E-state index in [0.29, 0.717) is 61.5 Å². The number of rotatable bonds is 8. The Hall–Kier alpha value is -3.94. The lowest BCUT2D eigenvalue weighted by molar-refractivity contribution is 0.0710. The van der Waals surface area contributed by atoms with Crippen LogP contribution in [0.3, 0.4) is 0 Å². The number of methoxy groups -OCH3 is 2. The molecule has 37 heavy (non-hydrogen) atoms. The summed E-state index contributed by atoms with van der Waals surface area (Å²) in [6.07, 6.45) is 2.05. The largest absolute Gasteiger partial charge is 0.493 e. The van der Waals surface area contributed by atoms with Gasteiger partial charge in [0.25, 0.3) is 11.8 Å². The number of carbonyl (C=O) groups is 2. The molecule has 1 aliphatic heterocycles. The predicted octanol–water partition coefficient (Wildman–Crippen LogP) is 4.54. The van der Waals surface area contributed by atoms with Gasteiger partial charge in [-0.2, -0.15) is 0 Å². The van der Waals surface area contributed by atoms with Crippen LogP contribution < -0.4 is 14.8 Å². The number of hydrogen-bond acceptors (Lipinski definition) is 5. The molecule has 2 heterocycles. The maximum atomic E-state index is 13.2. The molecule has 0 radical (unpaired) electrons. The van der Waals surface area contributed by atoms with Gasteiger partial charge in [0.15, 0.2) is 11.5 Å². The molecular weight excluding hydrogens is 473 g/mol. The Balaban J connectivity index is 1.38. The van der Waals surface area contributed by atoms with Gasteiger partial charge in [-0.1, -0.05) is 6.07 Å². The van der Waals surface area contributed by atoms with Crippen molar-refractivity contribution in [3.05, 3.63) is 88.5 Å². The lowest BCUT2D eigenvalue weighted by Gasteiger charge is -2.32. The molecule has 2 aromatic carbocycles. The fourth-order valence-corrected chi connectivity index (χ4v) is 4.66. The second-order valence-electron chi connectivity index (χ2n) is 9.15. The van der Waals surface area contributed by atoms with Crippen LogP contribution in [0.15, 0.2) is 54.6 Å². The number of piperidine rings is 1. The minimum absolute atomic E-state index is 0.0729. The smallest absolute Gasteiger partial charge is 0.253 e. The summed E-state index contributed by atoms with van der Waals surface area (Å²) in [5.74, 6) is 0.757. The molecule has 1 fully saturated rings. The molecule has 7 nitrogen and oxygen atoms in total. The van der Waals surface area contributed by atoms with Crippen molar-refractivity contribution >= 4 is 11.8 Å². The number of carbonyl (C=O) groups excluding carboxylic acids is 2. The molecule has 1 aliphatic rings. The van der Waals surface area contributed by atoms with E-state index >= 15 is 0 Å². The van der Waals surface area contributed by atoms with Crippen molar-refractivity contribution in [2.24, 2.45) is 0 Å². The predicted molar refractivity (Wildman–Crippen MR) is 139 cm³/mol. The zero-order chi connectivity index (χ0) is 26.4. The Labute approximate surface area is 216 Å². The number of benzene rings is 2. The maximum Gasteiger partial charge on any atom is 0.253 e. The van der Waals surface area contributed by atoms with Gasteiger partial charge >= 0.3 is 0 Å². The highest BCUT2D eigenvalue weighted by Crippen LogP contribution is 2.30. The highest BCUT2D eigenvalue weighted by atomic mass is 19.1. The van der Waals surface area contributed by atoms with E-state index in [9.17, 15) is 14.0 Å². The standard InChI is InChI=1S/C29H32FN3O4/c1-19-4-10-24(28(34)31-15-12-20-5-11-25(36-2)26(18-20)37-3)27(32-19)21-13-16-33(17-14-21)29(35)22-6-8-23(30)9-7-22/h4-11,18,21H,12-17H2,1-3H3,(H,31,34). The average Bonchev–Trinajstić information content (AvgIpc) is 2.93. The number of hydrogen-bond donors (Lipinski definition) is 1. The number of likely N-dealkylation sites (tertiary alicyclic amines) is 1. The van der Waals surface area contributed by atoms with E-state index in [1.165, 1.54) is 24.3 Å². The summed E-state index contributed by atoms with van der Waals surface area (Å²) in [7, 11) is 3.19. The SMILES string of the molecule is COc1ccc(CCNC(=O)c2ccc(C)nc2C2CCN(C(=O)c3ccc(F)cc3)CC2)cc1OC. The normalized spacial score (nSPS) is 13.8. The summed E-state index contributed by atoms with van der Waals surface area (Å²) in [5.41, 5.74) is 3.70. The third kappa shape index (κ3) is 6.25. The topological polar surface area (TPSA) is 80.8 Å². The van der Waals surface area contributed by atoms with Crippen LogP contribution in [0.5, 0.6) is 11.5 Å². The Morgan fingerprint density at radius 2 is 1.70 bits per heavy atom. The number of aromatic nitrogens is 1. The van der Waals surface area contributed by atoms with E-state index in [1.54, 1.807) is 19.1 Å². The van der Waals surface area contributed by atoms with Gasteiger partial charge in [-0.3, -0.25) is 14.6 Å². The summed E-state index contributed by atoms with van der Waals surface area (Å²) in [4.78, 5) is 32.4. The molecule has 4 rings (SSSR count). The Bertz CT molecular complexity index is 1250. The molecule has 1 saturated heterocycles. The van der Waals surface area contributed by atoms with Gasteiger partial charge in [-0.05, 0) is 80.3 Å². The van der Waals surface area contributed by atoms with Crippen LogP contribution in [0.1, 0.15) is 56.4 Å². The highest BCUT2D eigenvalue weighted by molar-refractivity contribution is 5.96. The molecule has 0 saturated carbocycles. The number of ether oxygens (including phenoxy) is 2. The minimum atomic E-state index is -0.365. The molecular formula is C29H32FN3O4. The van der Waals surface area contributed by atoms with Crippen molar-refractivity contribution in [3.8, 4) is 11.5 Å².